The Morgan fingerprint density at radius 3 is 1.61 bits per heavy atom. The van der Waals surface area contributed by atoms with Crippen molar-refractivity contribution in [2.75, 3.05) is 0 Å². The molecule has 0 fully saturated rings. The summed E-state index contributed by atoms with van der Waals surface area (Å²) in [6.07, 6.45) is 2.10. The van der Waals surface area contributed by atoms with Crippen molar-refractivity contribution in [3.8, 4) is 50.3 Å². The van der Waals surface area contributed by atoms with Crippen LogP contribution in [-0.4, -0.2) is 9.55 Å². The molecule has 0 saturated heterocycles. The van der Waals surface area contributed by atoms with Gasteiger partial charge in [0.2, 0.25) is 0 Å². The average Bonchev–Trinajstić information content (AvgIpc) is 3.78. The third kappa shape index (κ3) is 4.95. The smallest absolute Gasteiger partial charge is 0.0708 e. The molecule has 62 heavy (non-hydrogen) atoms. The lowest BCUT2D eigenvalue weighted by atomic mass is 9.79. The molecule has 0 amide bonds. The zero-order valence-corrected chi connectivity index (χ0v) is 34.5. The molecule has 0 unspecified atom stereocenters. The minimum atomic E-state index is -0.146. The highest BCUT2D eigenvalue weighted by Crippen LogP contribution is 2.53. The fourth-order valence-electron chi connectivity index (χ4n) is 10.9. The summed E-state index contributed by atoms with van der Waals surface area (Å²) < 4.78 is 2.40. The Kier molecular flexibility index (Phi) is 7.39. The Hall–Kier alpha value is -7.81. The maximum absolute atomic E-state index is 5.28. The highest BCUT2D eigenvalue weighted by molar-refractivity contribution is 6.23. The largest absolute Gasteiger partial charge is 0.309 e. The first-order chi connectivity index (χ1) is 30.5. The molecule has 290 valence electrons. The summed E-state index contributed by atoms with van der Waals surface area (Å²) in [7, 11) is 0. The Morgan fingerprint density at radius 1 is 0.371 bits per heavy atom. The second-order valence-electron chi connectivity index (χ2n) is 17.4. The van der Waals surface area contributed by atoms with Gasteiger partial charge in [0.15, 0.2) is 0 Å². The van der Waals surface area contributed by atoms with Gasteiger partial charge in [0.25, 0.3) is 0 Å². The van der Waals surface area contributed by atoms with E-state index < -0.39 is 0 Å². The molecule has 0 radical (unpaired) electrons. The summed E-state index contributed by atoms with van der Waals surface area (Å²) in [5, 5.41) is 12.4. The van der Waals surface area contributed by atoms with Gasteiger partial charge >= 0.3 is 0 Å². The van der Waals surface area contributed by atoms with E-state index in [1.807, 2.05) is 0 Å². The minimum absolute atomic E-state index is 0.146. The van der Waals surface area contributed by atoms with Crippen molar-refractivity contribution in [3.05, 3.63) is 218 Å². The molecule has 13 rings (SSSR count). The zero-order valence-electron chi connectivity index (χ0n) is 34.5. The minimum Gasteiger partial charge on any atom is -0.309 e. The van der Waals surface area contributed by atoms with Gasteiger partial charge in [-0.1, -0.05) is 166 Å². The van der Waals surface area contributed by atoms with Crippen molar-refractivity contribution in [2.24, 2.45) is 0 Å². The van der Waals surface area contributed by atoms with E-state index in [1.165, 1.54) is 104 Å². The number of hydrogen-bond acceptors (Lipinski definition) is 1. The SMILES string of the molecule is CC1(C)c2ccccc2-c2cc3c(-c4ccc(-n5c6ccccc6c6ccccc65)cc4)c4ccccc4c(-c4ccc(-c5cc6ccccc6c6ccccc56)nc4)c3cc21. The average molecular weight is 789 g/mol. The van der Waals surface area contributed by atoms with Gasteiger partial charge < -0.3 is 4.57 Å². The van der Waals surface area contributed by atoms with E-state index in [1.54, 1.807) is 0 Å². The standard InChI is InChI=1S/C60H40N2/c1-60(2)53-24-12-9-19-44(53)49-34-51-52(35-54(49)60)59(39-29-32-55(61-36-39)50-33-38-15-3-4-16-41(38)42-17-5-6-18-43(42)50)48-23-8-7-22-47(48)58(51)37-27-30-40(31-28-37)62-56-25-13-10-20-45(56)46-21-11-14-26-57(46)62/h3-36H,1-2H3. The number of para-hydroxylation sites is 2. The molecule has 12 aromatic rings. The zero-order chi connectivity index (χ0) is 41.1. The van der Waals surface area contributed by atoms with E-state index in [4.69, 9.17) is 4.98 Å². The molecule has 0 atom stereocenters. The van der Waals surface area contributed by atoms with Gasteiger partial charge in [0.1, 0.15) is 0 Å². The van der Waals surface area contributed by atoms with E-state index in [0.29, 0.717) is 0 Å². The molecule has 10 aromatic carbocycles. The molecule has 2 aromatic heterocycles. The Bertz CT molecular complexity index is 3760. The maximum Gasteiger partial charge on any atom is 0.0708 e. The van der Waals surface area contributed by atoms with E-state index in [2.05, 4.69) is 225 Å². The summed E-state index contributed by atoms with van der Waals surface area (Å²) in [5.74, 6) is 0. The normalized spacial score (nSPS) is 13.1. The number of rotatable bonds is 4. The van der Waals surface area contributed by atoms with Crippen LogP contribution in [0.1, 0.15) is 25.0 Å². The van der Waals surface area contributed by atoms with Crippen LogP contribution in [-0.2, 0) is 5.41 Å². The summed E-state index contributed by atoms with van der Waals surface area (Å²) in [5.41, 5.74) is 15.7. The fourth-order valence-corrected chi connectivity index (χ4v) is 10.9. The van der Waals surface area contributed by atoms with E-state index in [9.17, 15) is 0 Å². The van der Waals surface area contributed by atoms with Crippen LogP contribution in [0.5, 0.6) is 0 Å². The first-order valence-electron chi connectivity index (χ1n) is 21.6. The first kappa shape index (κ1) is 35.0. The maximum atomic E-state index is 5.28. The van der Waals surface area contributed by atoms with Crippen molar-refractivity contribution in [1.82, 2.24) is 9.55 Å². The van der Waals surface area contributed by atoms with Crippen LogP contribution in [0.3, 0.4) is 0 Å². The summed E-state index contributed by atoms with van der Waals surface area (Å²) in [4.78, 5) is 5.28. The summed E-state index contributed by atoms with van der Waals surface area (Å²) >= 11 is 0. The molecular weight excluding hydrogens is 749 g/mol. The second-order valence-corrected chi connectivity index (χ2v) is 17.4. The van der Waals surface area contributed by atoms with Crippen LogP contribution in [0.15, 0.2) is 206 Å². The van der Waals surface area contributed by atoms with Gasteiger partial charge in [-0.25, -0.2) is 0 Å². The molecule has 0 spiro atoms. The van der Waals surface area contributed by atoms with Crippen LogP contribution in [0.4, 0.5) is 0 Å². The number of nitrogens with zero attached hydrogens (tertiary/aromatic N) is 2. The lowest BCUT2D eigenvalue weighted by Crippen LogP contribution is -2.14. The topological polar surface area (TPSA) is 17.8 Å². The van der Waals surface area contributed by atoms with Crippen molar-refractivity contribution < 1.29 is 0 Å². The predicted molar refractivity (Wildman–Crippen MR) is 262 cm³/mol. The van der Waals surface area contributed by atoms with Crippen molar-refractivity contribution in [2.45, 2.75) is 19.3 Å². The van der Waals surface area contributed by atoms with Crippen molar-refractivity contribution in [3.63, 3.8) is 0 Å². The first-order valence-corrected chi connectivity index (χ1v) is 21.6. The van der Waals surface area contributed by atoms with Gasteiger partial charge in [-0.05, 0) is 131 Å². The van der Waals surface area contributed by atoms with Crippen LogP contribution in [0.25, 0.3) is 115 Å². The number of aromatic nitrogens is 2. The third-order valence-corrected chi connectivity index (χ3v) is 13.8. The van der Waals surface area contributed by atoms with Gasteiger partial charge in [-0.3, -0.25) is 4.98 Å². The van der Waals surface area contributed by atoms with E-state index >= 15 is 0 Å². The van der Waals surface area contributed by atoms with Gasteiger partial charge in [-0.2, -0.15) is 0 Å². The lowest BCUT2D eigenvalue weighted by molar-refractivity contribution is 0.661. The Morgan fingerprint density at radius 2 is 0.919 bits per heavy atom. The third-order valence-electron chi connectivity index (χ3n) is 13.8. The van der Waals surface area contributed by atoms with Crippen molar-refractivity contribution in [1.29, 1.82) is 0 Å². The fraction of sp³-hybridized carbons (Fsp3) is 0.0500. The number of hydrogen-bond donors (Lipinski definition) is 0. The molecule has 0 N–H and O–H groups in total. The second kappa shape index (κ2) is 13.1. The van der Waals surface area contributed by atoms with Crippen LogP contribution in [0, 0.1) is 0 Å². The molecule has 2 nitrogen and oxygen atoms in total. The monoisotopic (exact) mass is 788 g/mol. The number of pyridine rings is 1. The van der Waals surface area contributed by atoms with Crippen LogP contribution >= 0.6 is 0 Å². The van der Waals surface area contributed by atoms with Gasteiger partial charge in [0, 0.05) is 39.2 Å². The highest BCUT2D eigenvalue weighted by atomic mass is 15.0. The Balaban J connectivity index is 1.04. The molecule has 1 aliphatic carbocycles. The molecule has 0 bridgehead atoms. The summed E-state index contributed by atoms with van der Waals surface area (Å²) in [6, 6.07) is 73.9. The van der Waals surface area contributed by atoms with Crippen LogP contribution in [0.2, 0.25) is 0 Å². The van der Waals surface area contributed by atoms with Crippen LogP contribution < -0.4 is 0 Å². The lowest BCUT2D eigenvalue weighted by Gasteiger charge is -2.24. The molecule has 2 heteroatoms. The number of fused-ring (bicyclic) bond motifs is 11. The number of benzene rings is 10. The van der Waals surface area contributed by atoms with Crippen molar-refractivity contribution >= 4 is 64.9 Å². The predicted octanol–water partition coefficient (Wildman–Crippen LogP) is 16.1. The van der Waals surface area contributed by atoms with Gasteiger partial charge in [-0.15, -0.1) is 0 Å². The molecule has 0 saturated carbocycles. The van der Waals surface area contributed by atoms with Gasteiger partial charge in [0.05, 0.1) is 16.7 Å². The molecule has 2 heterocycles. The van der Waals surface area contributed by atoms with E-state index in [0.717, 1.165) is 22.5 Å². The molecular formula is C60H40N2. The highest BCUT2D eigenvalue weighted by Gasteiger charge is 2.36. The quantitative estimate of drug-likeness (QED) is 0.128. The summed E-state index contributed by atoms with van der Waals surface area (Å²) in [6.45, 7) is 4.76. The molecule has 1 aliphatic rings. The Labute approximate surface area is 360 Å². The molecule has 0 aliphatic heterocycles. The van der Waals surface area contributed by atoms with E-state index in [-0.39, 0.29) is 5.41 Å².